The zero-order valence-corrected chi connectivity index (χ0v) is 7.37. The summed E-state index contributed by atoms with van der Waals surface area (Å²) in [5, 5.41) is 26.6. The third kappa shape index (κ3) is 1.50. The molecule has 0 aromatic heterocycles. The van der Waals surface area contributed by atoms with Gasteiger partial charge in [-0.05, 0) is 28.1 Å². The Balaban J connectivity index is 3.37. The minimum absolute atomic E-state index is 0.153. The second kappa shape index (κ2) is 3.02. The smallest absolute Gasteiger partial charge is 0.339 e. The maximum Gasteiger partial charge on any atom is 0.339 e. The van der Waals surface area contributed by atoms with Gasteiger partial charge in [0.05, 0.1) is 4.47 Å². The molecule has 1 rings (SSSR count). The zero-order chi connectivity index (χ0) is 9.30. The molecular weight excluding hydrogens is 228 g/mol. The molecule has 0 fully saturated rings. The fourth-order valence-corrected chi connectivity index (χ4v) is 1.20. The number of rotatable bonds is 1. The molecule has 4 nitrogen and oxygen atoms in total. The third-order valence-corrected chi connectivity index (χ3v) is 1.88. The van der Waals surface area contributed by atoms with Gasteiger partial charge >= 0.3 is 5.97 Å². The van der Waals surface area contributed by atoms with E-state index in [4.69, 9.17) is 15.3 Å². The Labute approximate surface area is 76.2 Å². The predicted octanol–water partition coefficient (Wildman–Crippen LogP) is 1.56. The molecule has 3 N–H and O–H groups in total. The van der Waals surface area contributed by atoms with E-state index in [1.165, 1.54) is 6.07 Å². The Morgan fingerprint density at radius 3 is 2.42 bits per heavy atom. The van der Waals surface area contributed by atoms with E-state index < -0.39 is 5.97 Å². The van der Waals surface area contributed by atoms with Crippen molar-refractivity contribution in [3.05, 3.63) is 22.2 Å². The molecular formula is C7H5BrO4. The highest BCUT2D eigenvalue weighted by molar-refractivity contribution is 9.10. The number of carboxylic acids is 1. The van der Waals surface area contributed by atoms with Crippen molar-refractivity contribution in [1.82, 2.24) is 0 Å². The van der Waals surface area contributed by atoms with Crippen molar-refractivity contribution in [2.75, 3.05) is 0 Å². The predicted molar refractivity (Wildman–Crippen MR) is 44.4 cm³/mol. The van der Waals surface area contributed by atoms with E-state index >= 15 is 0 Å². The van der Waals surface area contributed by atoms with Crippen LogP contribution in [0.2, 0.25) is 0 Å². The minimum atomic E-state index is -1.29. The maximum atomic E-state index is 10.4. The molecule has 1 aromatic rings. The summed E-state index contributed by atoms with van der Waals surface area (Å²) in [6.45, 7) is 0. The van der Waals surface area contributed by atoms with Crippen LogP contribution >= 0.6 is 15.9 Å². The van der Waals surface area contributed by atoms with Gasteiger partial charge in [-0.3, -0.25) is 0 Å². The molecule has 0 aliphatic rings. The highest BCUT2D eigenvalue weighted by Crippen LogP contribution is 2.31. The summed E-state index contributed by atoms with van der Waals surface area (Å²) in [6, 6.07) is 2.18. The SMILES string of the molecule is O=C(O)c1cc(O)cc(Br)c1O. The number of aromatic hydroxyl groups is 2. The highest BCUT2D eigenvalue weighted by Gasteiger charge is 2.13. The van der Waals surface area contributed by atoms with Crippen molar-refractivity contribution in [2.24, 2.45) is 0 Å². The van der Waals surface area contributed by atoms with Crippen LogP contribution in [0.3, 0.4) is 0 Å². The topological polar surface area (TPSA) is 77.8 Å². The summed E-state index contributed by atoms with van der Waals surface area (Å²) in [5.41, 5.74) is -0.332. The molecule has 0 amide bonds. The molecule has 0 aliphatic heterocycles. The van der Waals surface area contributed by atoms with Crippen LogP contribution in [0, 0.1) is 0 Å². The van der Waals surface area contributed by atoms with Crippen LogP contribution in [0.5, 0.6) is 11.5 Å². The molecule has 5 heteroatoms. The van der Waals surface area contributed by atoms with Crippen molar-refractivity contribution >= 4 is 21.9 Å². The summed E-state index contributed by atoms with van der Waals surface area (Å²) in [4.78, 5) is 10.4. The summed E-state index contributed by atoms with van der Waals surface area (Å²) < 4.78 is 0.153. The number of phenols is 2. The lowest BCUT2D eigenvalue weighted by molar-refractivity contribution is 0.0693. The van der Waals surface area contributed by atoms with Crippen molar-refractivity contribution in [3.63, 3.8) is 0 Å². The minimum Gasteiger partial charge on any atom is -0.508 e. The van der Waals surface area contributed by atoms with Gasteiger partial charge in [0, 0.05) is 0 Å². The average Bonchev–Trinajstić information content (AvgIpc) is 1.96. The summed E-state index contributed by atoms with van der Waals surface area (Å²) in [5.74, 6) is -1.89. The zero-order valence-electron chi connectivity index (χ0n) is 5.78. The summed E-state index contributed by atoms with van der Waals surface area (Å²) in [6.07, 6.45) is 0. The number of aromatic carboxylic acids is 1. The highest BCUT2D eigenvalue weighted by atomic mass is 79.9. The van der Waals surface area contributed by atoms with Crippen LogP contribution in [0.25, 0.3) is 0 Å². The number of benzene rings is 1. The molecule has 0 saturated heterocycles. The lowest BCUT2D eigenvalue weighted by atomic mass is 10.2. The van der Waals surface area contributed by atoms with Crippen LogP contribution in [0.1, 0.15) is 10.4 Å². The van der Waals surface area contributed by atoms with E-state index in [9.17, 15) is 4.79 Å². The van der Waals surface area contributed by atoms with Gasteiger partial charge in [0.15, 0.2) is 0 Å². The van der Waals surface area contributed by atoms with Crippen molar-refractivity contribution in [1.29, 1.82) is 0 Å². The molecule has 0 unspecified atom stereocenters. The van der Waals surface area contributed by atoms with Gasteiger partial charge < -0.3 is 15.3 Å². The molecule has 0 radical (unpaired) electrons. The van der Waals surface area contributed by atoms with E-state index in [-0.39, 0.29) is 21.5 Å². The Morgan fingerprint density at radius 1 is 1.33 bits per heavy atom. The van der Waals surface area contributed by atoms with Crippen molar-refractivity contribution in [3.8, 4) is 11.5 Å². The molecule has 64 valence electrons. The van der Waals surface area contributed by atoms with E-state index in [0.29, 0.717) is 0 Å². The molecule has 1 aromatic carbocycles. The van der Waals surface area contributed by atoms with Crippen LogP contribution in [0.4, 0.5) is 0 Å². The summed E-state index contributed by atoms with van der Waals surface area (Å²) >= 11 is 2.89. The Bertz CT molecular complexity index is 334. The number of hydrogen-bond acceptors (Lipinski definition) is 3. The van der Waals surface area contributed by atoms with E-state index in [1.807, 2.05) is 0 Å². The molecule has 12 heavy (non-hydrogen) atoms. The standard InChI is InChI=1S/C7H5BrO4/c8-5-2-3(9)1-4(6(5)10)7(11)12/h1-2,9-10H,(H,11,12). The van der Waals surface area contributed by atoms with Gasteiger partial charge in [-0.25, -0.2) is 4.79 Å². The number of phenolic OH excluding ortho intramolecular Hbond substituents is 1. The molecule has 0 bridgehead atoms. The lowest BCUT2D eigenvalue weighted by Gasteiger charge is -2.02. The van der Waals surface area contributed by atoms with E-state index in [1.54, 1.807) is 0 Å². The first-order chi connectivity index (χ1) is 5.52. The van der Waals surface area contributed by atoms with Crippen LogP contribution in [0.15, 0.2) is 16.6 Å². The fraction of sp³-hybridized carbons (Fsp3) is 0. The second-order valence-electron chi connectivity index (χ2n) is 2.13. The second-order valence-corrected chi connectivity index (χ2v) is 2.98. The van der Waals surface area contributed by atoms with E-state index in [2.05, 4.69) is 15.9 Å². The third-order valence-electron chi connectivity index (χ3n) is 1.28. The first-order valence-electron chi connectivity index (χ1n) is 2.97. The Kier molecular flexibility index (Phi) is 2.23. The monoisotopic (exact) mass is 232 g/mol. The van der Waals surface area contributed by atoms with Crippen LogP contribution < -0.4 is 0 Å². The lowest BCUT2D eigenvalue weighted by Crippen LogP contribution is -1.96. The van der Waals surface area contributed by atoms with Gasteiger partial charge in [0.2, 0.25) is 0 Å². The quantitative estimate of drug-likeness (QED) is 0.643. The van der Waals surface area contributed by atoms with Crippen LogP contribution in [-0.2, 0) is 0 Å². The molecule has 0 spiro atoms. The van der Waals surface area contributed by atoms with Crippen molar-refractivity contribution in [2.45, 2.75) is 0 Å². The number of carbonyl (C=O) groups is 1. The van der Waals surface area contributed by atoms with Gasteiger partial charge in [0.25, 0.3) is 0 Å². The van der Waals surface area contributed by atoms with Gasteiger partial charge in [-0.15, -0.1) is 0 Å². The van der Waals surface area contributed by atoms with Crippen LogP contribution in [-0.4, -0.2) is 21.3 Å². The van der Waals surface area contributed by atoms with Gasteiger partial charge in [0.1, 0.15) is 17.1 Å². The number of hydrogen-bond donors (Lipinski definition) is 3. The van der Waals surface area contributed by atoms with Gasteiger partial charge in [-0.1, -0.05) is 0 Å². The fourth-order valence-electron chi connectivity index (χ4n) is 0.748. The average molecular weight is 233 g/mol. The molecule has 0 atom stereocenters. The summed E-state index contributed by atoms with van der Waals surface area (Å²) in [7, 11) is 0. The maximum absolute atomic E-state index is 10.4. The first-order valence-corrected chi connectivity index (χ1v) is 3.76. The Hall–Kier alpha value is -1.23. The Morgan fingerprint density at radius 2 is 1.92 bits per heavy atom. The molecule has 0 aliphatic carbocycles. The first kappa shape index (κ1) is 8.86. The van der Waals surface area contributed by atoms with Crippen molar-refractivity contribution < 1.29 is 20.1 Å². The number of halogens is 1. The van der Waals surface area contributed by atoms with Gasteiger partial charge in [-0.2, -0.15) is 0 Å². The molecule has 0 saturated carbocycles. The normalized spacial score (nSPS) is 9.75. The van der Waals surface area contributed by atoms with E-state index in [0.717, 1.165) is 6.07 Å². The molecule has 0 heterocycles. The number of carboxylic acid groups (broad SMARTS) is 1. The largest absolute Gasteiger partial charge is 0.508 e.